The van der Waals surface area contributed by atoms with Crippen LogP contribution >= 0.6 is 0 Å². The van der Waals surface area contributed by atoms with Crippen molar-refractivity contribution in [2.75, 3.05) is 5.73 Å². The number of carbonyl (C=O) groups is 1. The molecule has 88 valence electrons. The molecule has 2 aromatic rings. The van der Waals surface area contributed by atoms with Crippen LogP contribution in [0.25, 0.3) is 11.3 Å². The number of aryl methyl sites for hydroxylation is 2. The average molecular weight is 231 g/mol. The Morgan fingerprint density at radius 2 is 2.12 bits per heavy atom. The van der Waals surface area contributed by atoms with E-state index in [2.05, 4.69) is 9.97 Å². The molecule has 0 unspecified atom stereocenters. The number of carboxylic acids is 1. The van der Waals surface area contributed by atoms with Crippen LogP contribution in [0.3, 0.4) is 0 Å². The number of nitrogens with one attached hydrogen (secondary N) is 1. The SMILES string of the molecule is Cc1ccc(C)c(-c2nc(N)[nH]c2C(=O)O)c1. The fourth-order valence-electron chi connectivity index (χ4n) is 1.73. The number of nitrogen functional groups attached to an aromatic ring is 1. The minimum absolute atomic E-state index is 0.0243. The minimum Gasteiger partial charge on any atom is -0.477 e. The van der Waals surface area contributed by atoms with Gasteiger partial charge in [-0.05, 0) is 25.5 Å². The molecule has 0 fully saturated rings. The minimum atomic E-state index is -1.06. The lowest BCUT2D eigenvalue weighted by molar-refractivity contribution is 0.0692. The molecule has 2 rings (SSSR count). The summed E-state index contributed by atoms with van der Waals surface area (Å²) in [6.07, 6.45) is 0. The number of aromatic amines is 1. The van der Waals surface area contributed by atoms with Crippen LogP contribution in [0.2, 0.25) is 0 Å². The summed E-state index contributed by atoms with van der Waals surface area (Å²) in [5, 5.41) is 9.07. The lowest BCUT2D eigenvalue weighted by Gasteiger charge is -2.05. The molecule has 0 atom stereocenters. The molecule has 0 radical (unpaired) electrons. The third-order valence-electron chi connectivity index (χ3n) is 2.58. The summed E-state index contributed by atoms with van der Waals surface area (Å²) in [6, 6.07) is 5.80. The molecule has 0 amide bonds. The van der Waals surface area contributed by atoms with Crippen LogP contribution < -0.4 is 5.73 Å². The molecule has 4 N–H and O–H groups in total. The summed E-state index contributed by atoms with van der Waals surface area (Å²) < 4.78 is 0. The van der Waals surface area contributed by atoms with E-state index in [4.69, 9.17) is 10.8 Å². The van der Waals surface area contributed by atoms with Crippen molar-refractivity contribution < 1.29 is 9.90 Å². The van der Waals surface area contributed by atoms with Crippen molar-refractivity contribution in [1.82, 2.24) is 9.97 Å². The first-order valence-corrected chi connectivity index (χ1v) is 5.15. The van der Waals surface area contributed by atoms with Crippen molar-refractivity contribution in [3.8, 4) is 11.3 Å². The second-order valence-corrected chi connectivity index (χ2v) is 3.97. The molecule has 5 heteroatoms. The fraction of sp³-hybridized carbons (Fsp3) is 0.167. The van der Waals surface area contributed by atoms with Gasteiger partial charge in [0.1, 0.15) is 5.69 Å². The summed E-state index contributed by atoms with van der Waals surface area (Å²) in [5.41, 5.74) is 8.72. The largest absolute Gasteiger partial charge is 0.477 e. The van der Waals surface area contributed by atoms with Crippen LogP contribution in [0.4, 0.5) is 5.95 Å². The van der Waals surface area contributed by atoms with Gasteiger partial charge in [-0.15, -0.1) is 0 Å². The fourth-order valence-corrected chi connectivity index (χ4v) is 1.73. The van der Waals surface area contributed by atoms with Gasteiger partial charge in [-0.3, -0.25) is 0 Å². The molecule has 0 aliphatic carbocycles. The summed E-state index contributed by atoms with van der Waals surface area (Å²) >= 11 is 0. The van der Waals surface area contributed by atoms with E-state index in [9.17, 15) is 4.79 Å². The predicted octanol–water partition coefficient (Wildman–Crippen LogP) is 1.97. The molecule has 0 bridgehead atoms. The molecule has 0 spiro atoms. The smallest absolute Gasteiger partial charge is 0.354 e. The van der Waals surface area contributed by atoms with Crippen LogP contribution in [0.1, 0.15) is 21.6 Å². The molecular formula is C12H13N3O2. The monoisotopic (exact) mass is 231 g/mol. The van der Waals surface area contributed by atoms with Crippen molar-refractivity contribution in [1.29, 1.82) is 0 Å². The highest BCUT2D eigenvalue weighted by Gasteiger charge is 2.18. The third kappa shape index (κ3) is 1.99. The predicted molar refractivity (Wildman–Crippen MR) is 64.9 cm³/mol. The zero-order chi connectivity index (χ0) is 12.6. The number of rotatable bonds is 2. The molecule has 1 heterocycles. The van der Waals surface area contributed by atoms with Crippen molar-refractivity contribution in [3.05, 3.63) is 35.0 Å². The lowest BCUT2D eigenvalue weighted by atomic mass is 10.0. The van der Waals surface area contributed by atoms with Crippen molar-refractivity contribution in [2.24, 2.45) is 0 Å². The number of hydrogen-bond acceptors (Lipinski definition) is 3. The molecule has 0 aliphatic heterocycles. The van der Waals surface area contributed by atoms with Gasteiger partial charge in [0.2, 0.25) is 0 Å². The van der Waals surface area contributed by atoms with E-state index in [1.165, 1.54) is 0 Å². The van der Waals surface area contributed by atoms with E-state index in [1.54, 1.807) is 0 Å². The van der Waals surface area contributed by atoms with Gasteiger partial charge in [0, 0.05) is 5.56 Å². The van der Waals surface area contributed by atoms with E-state index < -0.39 is 5.97 Å². The number of nitrogens with zero attached hydrogens (tertiary/aromatic N) is 1. The van der Waals surface area contributed by atoms with Crippen LogP contribution in [-0.2, 0) is 0 Å². The molecule has 0 saturated heterocycles. The Bertz CT molecular complexity index is 587. The Kier molecular flexibility index (Phi) is 2.59. The number of benzene rings is 1. The average Bonchev–Trinajstić information content (AvgIpc) is 2.64. The first-order chi connectivity index (χ1) is 7.99. The Hall–Kier alpha value is -2.30. The van der Waals surface area contributed by atoms with Gasteiger partial charge < -0.3 is 15.8 Å². The van der Waals surface area contributed by atoms with Crippen LogP contribution in [0.5, 0.6) is 0 Å². The highest BCUT2D eigenvalue weighted by atomic mass is 16.4. The second-order valence-electron chi connectivity index (χ2n) is 3.97. The Morgan fingerprint density at radius 3 is 2.76 bits per heavy atom. The molecule has 1 aromatic heterocycles. The topological polar surface area (TPSA) is 92.0 Å². The third-order valence-corrected chi connectivity index (χ3v) is 2.58. The van der Waals surface area contributed by atoms with Gasteiger partial charge in [-0.1, -0.05) is 17.7 Å². The zero-order valence-corrected chi connectivity index (χ0v) is 9.61. The number of H-pyrrole nitrogens is 1. The molecular weight excluding hydrogens is 218 g/mol. The van der Waals surface area contributed by atoms with Gasteiger partial charge in [0.05, 0.1) is 0 Å². The number of hydrogen-bond donors (Lipinski definition) is 3. The van der Waals surface area contributed by atoms with E-state index >= 15 is 0 Å². The van der Waals surface area contributed by atoms with Gasteiger partial charge in [-0.2, -0.15) is 0 Å². The number of aromatic nitrogens is 2. The molecule has 17 heavy (non-hydrogen) atoms. The Morgan fingerprint density at radius 1 is 1.41 bits per heavy atom. The van der Waals surface area contributed by atoms with E-state index in [0.717, 1.165) is 16.7 Å². The normalized spacial score (nSPS) is 10.5. The number of carboxylic acid groups (broad SMARTS) is 1. The van der Waals surface area contributed by atoms with E-state index in [-0.39, 0.29) is 11.6 Å². The maximum Gasteiger partial charge on any atom is 0.354 e. The highest BCUT2D eigenvalue weighted by molar-refractivity contribution is 5.94. The van der Waals surface area contributed by atoms with Gasteiger partial charge in [-0.25, -0.2) is 9.78 Å². The lowest BCUT2D eigenvalue weighted by Crippen LogP contribution is -2.00. The summed E-state index contributed by atoms with van der Waals surface area (Å²) in [6.45, 7) is 3.85. The van der Waals surface area contributed by atoms with Crippen molar-refractivity contribution in [2.45, 2.75) is 13.8 Å². The number of nitrogens with two attached hydrogens (primary N) is 1. The van der Waals surface area contributed by atoms with Crippen LogP contribution in [0, 0.1) is 13.8 Å². The first-order valence-electron chi connectivity index (χ1n) is 5.15. The van der Waals surface area contributed by atoms with Crippen molar-refractivity contribution in [3.63, 3.8) is 0 Å². The van der Waals surface area contributed by atoms with Gasteiger partial charge in [0.25, 0.3) is 0 Å². The van der Waals surface area contributed by atoms with Crippen molar-refractivity contribution >= 4 is 11.9 Å². The molecule has 0 saturated carbocycles. The maximum atomic E-state index is 11.1. The van der Waals surface area contributed by atoms with Gasteiger partial charge in [0.15, 0.2) is 11.6 Å². The summed E-state index contributed by atoms with van der Waals surface area (Å²) in [4.78, 5) is 17.7. The van der Waals surface area contributed by atoms with Crippen LogP contribution in [0.15, 0.2) is 18.2 Å². The zero-order valence-electron chi connectivity index (χ0n) is 9.61. The number of imidazole rings is 1. The standard InChI is InChI=1S/C12H13N3O2/c1-6-3-4-7(2)8(5-6)9-10(11(16)17)15-12(13)14-9/h3-5H,1-2H3,(H,16,17)(H3,13,14,15). The highest BCUT2D eigenvalue weighted by Crippen LogP contribution is 2.26. The number of aromatic carboxylic acids is 1. The summed E-state index contributed by atoms with van der Waals surface area (Å²) in [5.74, 6) is -0.955. The number of anilines is 1. The van der Waals surface area contributed by atoms with E-state index in [1.807, 2.05) is 32.0 Å². The Labute approximate surface area is 98.3 Å². The first kappa shape index (κ1) is 11.2. The molecule has 5 nitrogen and oxygen atoms in total. The van der Waals surface area contributed by atoms with Crippen LogP contribution in [-0.4, -0.2) is 21.0 Å². The second kappa shape index (κ2) is 3.93. The quantitative estimate of drug-likeness (QED) is 0.736. The Balaban J connectivity index is 2.67. The maximum absolute atomic E-state index is 11.1. The summed E-state index contributed by atoms with van der Waals surface area (Å²) in [7, 11) is 0. The van der Waals surface area contributed by atoms with E-state index in [0.29, 0.717) is 5.69 Å². The van der Waals surface area contributed by atoms with Gasteiger partial charge >= 0.3 is 5.97 Å². The molecule has 0 aliphatic rings. The molecule has 1 aromatic carbocycles.